The molecule has 1 aliphatic rings. The van der Waals surface area contributed by atoms with Crippen LogP contribution in [0.4, 0.5) is 5.69 Å². The lowest BCUT2D eigenvalue weighted by Gasteiger charge is -2.31. The van der Waals surface area contributed by atoms with Crippen molar-refractivity contribution in [2.45, 2.75) is 51.0 Å². The van der Waals surface area contributed by atoms with Gasteiger partial charge in [-0.1, -0.05) is 24.3 Å². The largest absolute Gasteiger partial charge is 0.452 e. The van der Waals surface area contributed by atoms with Gasteiger partial charge >= 0.3 is 5.97 Å². The first-order chi connectivity index (χ1) is 16.6. The van der Waals surface area contributed by atoms with Crippen molar-refractivity contribution in [1.29, 1.82) is 5.26 Å². The Labute approximate surface area is 207 Å². The van der Waals surface area contributed by atoms with Crippen LogP contribution in [0.25, 0.3) is 0 Å². The number of nitriles is 1. The maximum atomic E-state index is 13.0. The Balaban J connectivity index is 1.60. The van der Waals surface area contributed by atoms with Gasteiger partial charge in [-0.2, -0.15) is 9.57 Å². The number of benzene rings is 2. The zero-order valence-corrected chi connectivity index (χ0v) is 21.1. The van der Waals surface area contributed by atoms with Gasteiger partial charge in [-0.25, -0.2) is 8.42 Å². The molecule has 35 heavy (non-hydrogen) atoms. The summed E-state index contributed by atoms with van der Waals surface area (Å²) in [6.07, 6.45) is -0.241. The highest BCUT2D eigenvalue weighted by Gasteiger charge is 2.34. The highest BCUT2D eigenvalue weighted by Crippen LogP contribution is 2.26. The number of aryl methyl sites for hydroxylation is 2. The normalized spacial score (nSPS) is 15.7. The molecule has 0 spiro atoms. The van der Waals surface area contributed by atoms with Crippen LogP contribution in [0.2, 0.25) is 0 Å². The fraction of sp³-hybridized carbons (Fsp3) is 0.423. The van der Waals surface area contributed by atoms with Gasteiger partial charge in [0.2, 0.25) is 10.0 Å². The van der Waals surface area contributed by atoms with Gasteiger partial charge < -0.3 is 9.64 Å². The Morgan fingerprint density at radius 1 is 1.11 bits per heavy atom. The summed E-state index contributed by atoms with van der Waals surface area (Å²) < 4.78 is 32.9. The van der Waals surface area contributed by atoms with E-state index in [1.807, 2.05) is 26.0 Å². The summed E-state index contributed by atoms with van der Waals surface area (Å²) in [4.78, 5) is 27.5. The monoisotopic (exact) mass is 497 g/mol. The standard InChI is InChI=1S/C26H31N3O5S/c1-19-10-11-24(18-20(19)2)35(32,33)28-16-12-22(13-17-28)26(31)34-21(3)25(30)29(15-7-14-27)23-8-5-4-6-9-23/h4-6,8-11,18,21-22H,7,12-13,15-17H2,1-3H3. The van der Waals surface area contributed by atoms with E-state index >= 15 is 0 Å². The van der Waals surface area contributed by atoms with Gasteiger partial charge in [-0.15, -0.1) is 0 Å². The summed E-state index contributed by atoms with van der Waals surface area (Å²) in [6, 6.07) is 16.0. The highest BCUT2D eigenvalue weighted by atomic mass is 32.2. The van der Waals surface area contributed by atoms with Crippen LogP contribution in [0.15, 0.2) is 53.4 Å². The van der Waals surface area contributed by atoms with Crippen molar-refractivity contribution < 1.29 is 22.7 Å². The molecular weight excluding hydrogens is 466 g/mol. The molecule has 0 bridgehead atoms. The van der Waals surface area contributed by atoms with E-state index in [-0.39, 0.29) is 31.0 Å². The second kappa shape index (κ2) is 11.5. The Morgan fingerprint density at radius 2 is 1.77 bits per heavy atom. The van der Waals surface area contributed by atoms with E-state index < -0.39 is 33.9 Å². The number of rotatable bonds is 8. The average Bonchev–Trinajstić information content (AvgIpc) is 2.86. The van der Waals surface area contributed by atoms with E-state index in [0.29, 0.717) is 18.5 Å². The van der Waals surface area contributed by atoms with Crippen LogP contribution in [0.3, 0.4) is 0 Å². The molecular formula is C26H31N3O5S. The molecule has 1 saturated heterocycles. The minimum atomic E-state index is -3.64. The van der Waals surface area contributed by atoms with Crippen molar-refractivity contribution in [1.82, 2.24) is 4.31 Å². The van der Waals surface area contributed by atoms with Crippen LogP contribution < -0.4 is 4.90 Å². The number of ether oxygens (including phenoxy) is 1. The molecule has 0 radical (unpaired) electrons. The Morgan fingerprint density at radius 3 is 2.37 bits per heavy atom. The number of esters is 1. The summed E-state index contributed by atoms with van der Waals surface area (Å²) in [6.45, 7) is 5.92. The van der Waals surface area contributed by atoms with Crippen LogP contribution in [-0.4, -0.2) is 50.3 Å². The molecule has 2 aromatic carbocycles. The van der Waals surface area contributed by atoms with Crippen LogP contribution in [0.5, 0.6) is 0 Å². The first-order valence-corrected chi connectivity index (χ1v) is 13.1. The molecule has 1 amide bonds. The van der Waals surface area contributed by atoms with Crippen molar-refractivity contribution in [3.63, 3.8) is 0 Å². The molecule has 9 heteroatoms. The van der Waals surface area contributed by atoms with Crippen LogP contribution in [-0.2, 0) is 24.3 Å². The summed E-state index contributed by atoms with van der Waals surface area (Å²) >= 11 is 0. The summed E-state index contributed by atoms with van der Waals surface area (Å²) in [5, 5.41) is 8.95. The Bertz CT molecular complexity index is 1200. The van der Waals surface area contributed by atoms with E-state index in [1.54, 1.807) is 42.5 Å². The molecule has 0 aromatic heterocycles. The molecule has 2 aromatic rings. The van der Waals surface area contributed by atoms with Gasteiger partial charge in [0.1, 0.15) is 0 Å². The molecule has 186 valence electrons. The van der Waals surface area contributed by atoms with Gasteiger partial charge in [0, 0.05) is 25.3 Å². The smallest absolute Gasteiger partial charge is 0.309 e. The molecule has 1 heterocycles. The van der Waals surface area contributed by atoms with Crippen molar-refractivity contribution in [2.75, 3.05) is 24.5 Å². The molecule has 1 atom stereocenters. The number of carbonyl (C=O) groups excluding carboxylic acids is 2. The maximum Gasteiger partial charge on any atom is 0.309 e. The topological polar surface area (TPSA) is 108 Å². The van der Waals surface area contributed by atoms with E-state index in [2.05, 4.69) is 0 Å². The second-order valence-corrected chi connectivity index (χ2v) is 10.7. The zero-order chi connectivity index (χ0) is 25.6. The molecule has 1 fully saturated rings. The second-order valence-electron chi connectivity index (χ2n) is 8.74. The Hall–Kier alpha value is -3.22. The Kier molecular flexibility index (Phi) is 8.65. The first-order valence-electron chi connectivity index (χ1n) is 11.7. The van der Waals surface area contributed by atoms with Crippen molar-refractivity contribution in [3.8, 4) is 6.07 Å². The number of piperidine rings is 1. The summed E-state index contributed by atoms with van der Waals surface area (Å²) in [5.41, 5.74) is 2.55. The average molecular weight is 498 g/mol. The minimum absolute atomic E-state index is 0.148. The third kappa shape index (κ3) is 6.27. The van der Waals surface area contributed by atoms with Crippen LogP contribution in [0, 0.1) is 31.1 Å². The first kappa shape index (κ1) is 26.4. The van der Waals surface area contributed by atoms with Gasteiger partial charge in [0.05, 0.1) is 23.3 Å². The van der Waals surface area contributed by atoms with Gasteiger partial charge in [0.15, 0.2) is 6.10 Å². The van der Waals surface area contributed by atoms with E-state index in [0.717, 1.165) is 11.1 Å². The molecule has 0 aliphatic carbocycles. The van der Waals surface area contributed by atoms with E-state index in [1.165, 1.54) is 16.1 Å². The number of sulfonamides is 1. The van der Waals surface area contributed by atoms with E-state index in [4.69, 9.17) is 10.00 Å². The predicted molar refractivity (Wildman–Crippen MR) is 132 cm³/mol. The lowest BCUT2D eigenvalue weighted by atomic mass is 9.98. The van der Waals surface area contributed by atoms with Crippen molar-refractivity contribution in [3.05, 3.63) is 59.7 Å². The maximum absolute atomic E-state index is 13.0. The number of carbonyl (C=O) groups is 2. The van der Waals surface area contributed by atoms with E-state index in [9.17, 15) is 18.0 Å². The fourth-order valence-electron chi connectivity index (χ4n) is 4.03. The highest BCUT2D eigenvalue weighted by molar-refractivity contribution is 7.89. The SMILES string of the molecule is Cc1ccc(S(=O)(=O)N2CCC(C(=O)OC(C)C(=O)N(CCC#N)c3ccccc3)CC2)cc1C. The number of hydrogen-bond acceptors (Lipinski definition) is 6. The summed E-state index contributed by atoms with van der Waals surface area (Å²) in [5.74, 6) is -1.40. The molecule has 1 unspecified atom stereocenters. The number of nitrogens with zero attached hydrogens (tertiary/aromatic N) is 3. The molecule has 1 aliphatic heterocycles. The van der Waals surface area contributed by atoms with Crippen LogP contribution in [0.1, 0.15) is 37.3 Å². The minimum Gasteiger partial charge on any atom is -0.452 e. The third-order valence-corrected chi connectivity index (χ3v) is 8.22. The van der Waals surface area contributed by atoms with Crippen molar-refractivity contribution in [2.24, 2.45) is 5.92 Å². The fourth-order valence-corrected chi connectivity index (χ4v) is 5.59. The van der Waals surface area contributed by atoms with Crippen LogP contribution >= 0.6 is 0 Å². The molecule has 3 rings (SSSR count). The van der Waals surface area contributed by atoms with Crippen molar-refractivity contribution >= 4 is 27.6 Å². The van der Waals surface area contributed by atoms with Gasteiger partial charge in [-0.05, 0) is 69.0 Å². The molecule has 8 nitrogen and oxygen atoms in total. The zero-order valence-electron chi connectivity index (χ0n) is 20.3. The molecule has 0 N–H and O–H groups in total. The number of hydrogen-bond donors (Lipinski definition) is 0. The number of anilines is 1. The number of para-hydroxylation sites is 1. The quantitative estimate of drug-likeness (QED) is 0.516. The molecule has 0 saturated carbocycles. The number of amides is 1. The van der Waals surface area contributed by atoms with Gasteiger partial charge in [0.25, 0.3) is 5.91 Å². The lowest BCUT2D eigenvalue weighted by Crippen LogP contribution is -2.44. The third-order valence-electron chi connectivity index (χ3n) is 6.33. The van der Waals surface area contributed by atoms with Gasteiger partial charge in [-0.3, -0.25) is 9.59 Å². The predicted octanol–water partition coefficient (Wildman–Crippen LogP) is 3.58. The lowest BCUT2D eigenvalue weighted by molar-refractivity contribution is -0.159. The summed E-state index contributed by atoms with van der Waals surface area (Å²) in [7, 11) is -3.64.